The van der Waals surface area contributed by atoms with Crippen LogP contribution in [0.5, 0.6) is 23.0 Å². The first kappa shape index (κ1) is 34.6. The van der Waals surface area contributed by atoms with Gasteiger partial charge in [0, 0.05) is 53.0 Å². The zero-order chi connectivity index (χ0) is 37.1. The number of pyridine rings is 1. The highest BCUT2D eigenvalue weighted by Gasteiger charge is 2.26. The van der Waals surface area contributed by atoms with E-state index >= 15 is 0 Å². The molecule has 12 heteroatoms. The normalized spacial score (nSPS) is 12.4. The highest BCUT2D eigenvalue weighted by molar-refractivity contribution is 6.13. The van der Waals surface area contributed by atoms with E-state index in [1.54, 1.807) is 61.6 Å². The number of methoxy groups -OCH3 is 4. The molecule has 6 aromatic rings. The van der Waals surface area contributed by atoms with Gasteiger partial charge in [0.15, 0.2) is 23.0 Å². The monoisotopic (exact) mass is 712 g/mol. The number of hydrogen-bond donors (Lipinski definition) is 2. The summed E-state index contributed by atoms with van der Waals surface area (Å²) in [6, 6.07) is 23.0. The molecule has 7 rings (SSSR count). The molecule has 4 aromatic carbocycles. The molecule has 12 nitrogen and oxygen atoms in total. The minimum absolute atomic E-state index is 0.147. The third-order valence-corrected chi connectivity index (χ3v) is 9.11. The first-order chi connectivity index (χ1) is 25.8. The third-order valence-electron chi connectivity index (χ3n) is 9.11. The number of para-hydroxylation sites is 1. The highest BCUT2D eigenvalue weighted by atomic mass is 16.5. The Hall–Kier alpha value is -6.82. The fraction of sp³-hybridized carbons (Fsp3) is 0.171. The lowest BCUT2D eigenvalue weighted by atomic mass is 10.0. The number of ether oxygens (including phenoxy) is 4. The first-order valence-corrected chi connectivity index (χ1v) is 16.7. The number of benzene rings is 4. The molecule has 0 bridgehead atoms. The molecular weight excluding hydrogens is 676 g/mol. The first-order valence-electron chi connectivity index (χ1n) is 16.7. The summed E-state index contributed by atoms with van der Waals surface area (Å²) < 4.78 is 27.9. The van der Waals surface area contributed by atoms with E-state index in [0.717, 1.165) is 33.2 Å². The summed E-state index contributed by atoms with van der Waals surface area (Å²) in [5.74, 6) is 1.53. The van der Waals surface area contributed by atoms with Crippen LogP contribution < -0.4 is 29.6 Å². The van der Waals surface area contributed by atoms with E-state index in [1.165, 1.54) is 38.6 Å². The summed E-state index contributed by atoms with van der Waals surface area (Å²) in [6.45, 7) is 0.891. The van der Waals surface area contributed by atoms with Gasteiger partial charge in [0.05, 0.1) is 57.3 Å². The van der Waals surface area contributed by atoms with Gasteiger partial charge in [0.25, 0.3) is 11.8 Å². The number of fused-ring (bicyclic) bond motifs is 4. The maximum absolute atomic E-state index is 13.6. The lowest BCUT2D eigenvalue weighted by Gasteiger charge is -2.25. The van der Waals surface area contributed by atoms with Crippen molar-refractivity contribution in [3.8, 4) is 23.0 Å². The molecule has 2 aromatic heterocycles. The van der Waals surface area contributed by atoms with Gasteiger partial charge in [-0.05, 0) is 54.5 Å². The summed E-state index contributed by atoms with van der Waals surface area (Å²) in [6.07, 6.45) is 5.39. The SMILES string of the molecule is COc1cc(NC(=O)c2cnc3ccccc3c2)c(C(=O)Nc2ccc(/C=C/C(=O)N3CCc4c(oc5cc(OC)c(OC)cc45)C3)cc2)cc1OC. The Kier molecular flexibility index (Phi) is 9.67. The van der Waals surface area contributed by atoms with Gasteiger partial charge in [-0.15, -0.1) is 0 Å². The van der Waals surface area contributed by atoms with Gasteiger partial charge in [0.2, 0.25) is 5.91 Å². The molecule has 0 unspecified atom stereocenters. The van der Waals surface area contributed by atoms with E-state index in [-0.39, 0.29) is 17.2 Å². The number of aromatic nitrogens is 1. The van der Waals surface area contributed by atoms with Gasteiger partial charge in [-0.1, -0.05) is 30.3 Å². The van der Waals surface area contributed by atoms with Crippen molar-refractivity contribution in [1.82, 2.24) is 9.88 Å². The largest absolute Gasteiger partial charge is 0.493 e. The predicted molar refractivity (Wildman–Crippen MR) is 201 cm³/mol. The second-order valence-corrected chi connectivity index (χ2v) is 12.2. The molecule has 0 aliphatic carbocycles. The fourth-order valence-electron chi connectivity index (χ4n) is 6.32. The summed E-state index contributed by atoms with van der Waals surface area (Å²) in [7, 11) is 6.11. The fourth-order valence-corrected chi connectivity index (χ4v) is 6.32. The molecule has 268 valence electrons. The highest BCUT2D eigenvalue weighted by Crippen LogP contribution is 2.38. The van der Waals surface area contributed by atoms with Crippen LogP contribution in [0.15, 0.2) is 95.6 Å². The maximum atomic E-state index is 13.6. The van der Waals surface area contributed by atoms with Crippen molar-refractivity contribution < 1.29 is 37.7 Å². The molecule has 0 saturated heterocycles. The summed E-state index contributed by atoms with van der Waals surface area (Å²) in [4.78, 5) is 46.2. The third kappa shape index (κ3) is 7.07. The average Bonchev–Trinajstić information content (AvgIpc) is 3.55. The lowest BCUT2D eigenvalue weighted by molar-refractivity contribution is -0.127. The smallest absolute Gasteiger partial charge is 0.257 e. The molecule has 53 heavy (non-hydrogen) atoms. The van der Waals surface area contributed by atoms with Gasteiger partial charge in [-0.25, -0.2) is 0 Å². The van der Waals surface area contributed by atoms with Crippen molar-refractivity contribution in [1.29, 1.82) is 0 Å². The maximum Gasteiger partial charge on any atom is 0.257 e. The number of nitrogens with one attached hydrogen (secondary N) is 2. The van der Waals surface area contributed by atoms with Crippen molar-refractivity contribution >= 4 is 57.0 Å². The number of anilines is 2. The number of rotatable bonds is 10. The Labute approximate surface area is 304 Å². The average molecular weight is 713 g/mol. The molecule has 0 radical (unpaired) electrons. The second kappa shape index (κ2) is 14.8. The van der Waals surface area contributed by atoms with Crippen molar-refractivity contribution in [2.75, 3.05) is 45.6 Å². The van der Waals surface area contributed by atoms with Crippen molar-refractivity contribution in [2.24, 2.45) is 0 Å². The number of carbonyl (C=O) groups excluding carboxylic acids is 3. The van der Waals surface area contributed by atoms with Gasteiger partial charge in [-0.3, -0.25) is 19.4 Å². The van der Waals surface area contributed by atoms with E-state index in [2.05, 4.69) is 15.6 Å². The Balaban J connectivity index is 1.03. The Bertz CT molecular complexity index is 2400. The number of carbonyl (C=O) groups is 3. The van der Waals surface area contributed by atoms with Crippen molar-refractivity contribution in [2.45, 2.75) is 13.0 Å². The molecular formula is C41H36N4O8. The van der Waals surface area contributed by atoms with Crippen LogP contribution in [0.4, 0.5) is 11.4 Å². The summed E-state index contributed by atoms with van der Waals surface area (Å²) >= 11 is 0. The van der Waals surface area contributed by atoms with Crippen LogP contribution in [0.1, 0.15) is 37.6 Å². The quantitative estimate of drug-likeness (QED) is 0.142. The molecule has 3 amide bonds. The predicted octanol–water partition coefficient (Wildman–Crippen LogP) is 7.12. The molecule has 1 aliphatic heterocycles. The van der Waals surface area contributed by atoms with E-state index in [0.29, 0.717) is 59.3 Å². The standard InChI is InChI=1S/C41H36N4O8/c1-49-34-18-29-28-15-16-45(23-38(28)53-33(29)21-37(34)52-4)39(46)14-11-24-9-12-27(13-10-24)43-41(48)30-19-35(50-2)36(51-3)20-32(30)44-40(47)26-17-25-7-5-6-8-31(25)42-22-26/h5-14,17-22H,15-16,23H2,1-4H3,(H,43,48)(H,44,47)/b14-11+. The van der Waals surface area contributed by atoms with E-state index < -0.39 is 11.8 Å². The van der Waals surface area contributed by atoms with Crippen LogP contribution in [0.3, 0.4) is 0 Å². The number of furan rings is 1. The van der Waals surface area contributed by atoms with E-state index in [4.69, 9.17) is 23.4 Å². The van der Waals surface area contributed by atoms with Crippen LogP contribution >= 0.6 is 0 Å². The minimum Gasteiger partial charge on any atom is -0.493 e. The zero-order valence-corrected chi connectivity index (χ0v) is 29.5. The Morgan fingerprint density at radius 2 is 1.49 bits per heavy atom. The van der Waals surface area contributed by atoms with Crippen LogP contribution in [0, 0.1) is 0 Å². The molecule has 3 heterocycles. The van der Waals surface area contributed by atoms with Crippen LogP contribution in [-0.2, 0) is 17.8 Å². The molecule has 0 fully saturated rings. The Morgan fingerprint density at radius 3 is 2.25 bits per heavy atom. The van der Waals surface area contributed by atoms with Crippen LogP contribution in [0.25, 0.3) is 27.9 Å². The Morgan fingerprint density at radius 1 is 0.792 bits per heavy atom. The number of nitrogens with zero attached hydrogens (tertiary/aromatic N) is 2. The number of hydrogen-bond acceptors (Lipinski definition) is 9. The summed E-state index contributed by atoms with van der Waals surface area (Å²) in [5.41, 5.74) is 4.50. The lowest BCUT2D eigenvalue weighted by Crippen LogP contribution is -2.34. The number of amides is 3. The second-order valence-electron chi connectivity index (χ2n) is 12.2. The van der Waals surface area contributed by atoms with E-state index in [1.807, 2.05) is 30.3 Å². The molecule has 0 atom stereocenters. The molecule has 2 N–H and O–H groups in total. The van der Waals surface area contributed by atoms with Crippen molar-refractivity contribution in [3.63, 3.8) is 0 Å². The molecule has 1 aliphatic rings. The van der Waals surface area contributed by atoms with Gasteiger partial charge >= 0.3 is 0 Å². The molecule has 0 spiro atoms. The minimum atomic E-state index is -0.483. The molecule has 0 saturated carbocycles. The van der Waals surface area contributed by atoms with E-state index in [9.17, 15) is 14.4 Å². The van der Waals surface area contributed by atoms with Crippen LogP contribution in [0.2, 0.25) is 0 Å². The van der Waals surface area contributed by atoms with Crippen LogP contribution in [-0.4, -0.2) is 62.6 Å². The topological polar surface area (TPSA) is 141 Å². The van der Waals surface area contributed by atoms with Gasteiger partial charge < -0.3 is 38.9 Å². The van der Waals surface area contributed by atoms with Crippen molar-refractivity contribution in [3.05, 3.63) is 119 Å². The summed E-state index contributed by atoms with van der Waals surface area (Å²) in [5, 5.41) is 7.48. The zero-order valence-electron chi connectivity index (χ0n) is 29.5. The van der Waals surface area contributed by atoms with Gasteiger partial charge in [-0.2, -0.15) is 0 Å². The van der Waals surface area contributed by atoms with Gasteiger partial charge in [0.1, 0.15) is 11.3 Å².